The molecule has 198 valence electrons. The third kappa shape index (κ3) is 2.71. The van der Waals surface area contributed by atoms with E-state index in [9.17, 15) is 0 Å². The summed E-state index contributed by atoms with van der Waals surface area (Å²) >= 11 is 0. The fourth-order valence-electron chi connectivity index (χ4n) is 7.99. The van der Waals surface area contributed by atoms with Gasteiger partial charge in [0.25, 0.3) is 0 Å². The lowest BCUT2D eigenvalue weighted by atomic mass is 9.72. The molecular formula is C39H26N2O. The molecule has 0 amide bonds. The number of fused-ring (bicyclic) bond motifs is 13. The highest BCUT2D eigenvalue weighted by Gasteiger charge is 2.56. The summed E-state index contributed by atoms with van der Waals surface area (Å²) in [5, 5.41) is 10.5. The molecule has 2 N–H and O–H groups in total. The van der Waals surface area contributed by atoms with Crippen LogP contribution in [-0.4, -0.2) is 6.23 Å². The molecule has 0 aromatic heterocycles. The average molecular weight is 539 g/mol. The van der Waals surface area contributed by atoms with Gasteiger partial charge in [0.15, 0.2) is 6.23 Å². The number of rotatable bonds is 1. The molecule has 6 aromatic rings. The minimum Gasteiger partial charge on any atom is -0.468 e. The van der Waals surface area contributed by atoms with Crippen LogP contribution in [0.4, 0.5) is 0 Å². The summed E-state index contributed by atoms with van der Waals surface area (Å²) in [5.41, 5.74) is 13.4. The van der Waals surface area contributed by atoms with Crippen LogP contribution < -0.4 is 15.4 Å². The standard InChI is InChI=1S/C39H26N2O/c1-2-10-24-21-25(18-17-23(24)9-1)26-19-20-34-30(22-26)36-38(42-34)41-35-29-13-5-8-16-33(29)39(37(35)40-36)31-14-6-3-11-27(31)28-12-4-7-15-32(28)39/h1-22,36,38,40-41H. The Bertz CT molecular complexity index is 2110. The second-order valence-corrected chi connectivity index (χ2v) is 11.8. The first-order valence-electron chi connectivity index (χ1n) is 14.7. The van der Waals surface area contributed by atoms with Crippen molar-refractivity contribution in [2.75, 3.05) is 0 Å². The molecule has 2 aliphatic carbocycles. The van der Waals surface area contributed by atoms with Gasteiger partial charge in [0.05, 0.1) is 16.8 Å². The van der Waals surface area contributed by atoms with E-state index in [1.807, 2.05) is 0 Å². The summed E-state index contributed by atoms with van der Waals surface area (Å²) in [7, 11) is 0. The summed E-state index contributed by atoms with van der Waals surface area (Å²) in [4.78, 5) is 0. The summed E-state index contributed by atoms with van der Waals surface area (Å²) in [6.45, 7) is 0. The van der Waals surface area contributed by atoms with Crippen molar-refractivity contribution in [3.05, 3.63) is 167 Å². The highest BCUT2D eigenvalue weighted by Crippen LogP contribution is 2.62. The van der Waals surface area contributed by atoms with E-state index >= 15 is 0 Å². The molecule has 0 radical (unpaired) electrons. The van der Waals surface area contributed by atoms with Crippen molar-refractivity contribution in [2.24, 2.45) is 0 Å². The molecule has 2 heterocycles. The van der Waals surface area contributed by atoms with Crippen LogP contribution >= 0.6 is 0 Å². The van der Waals surface area contributed by atoms with Gasteiger partial charge in [0.1, 0.15) is 11.8 Å². The summed E-state index contributed by atoms with van der Waals surface area (Å²) < 4.78 is 6.58. The van der Waals surface area contributed by atoms with Gasteiger partial charge in [-0.2, -0.15) is 0 Å². The smallest absolute Gasteiger partial charge is 0.194 e. The Morgan fingerprint density at radius 1 is 0.524 bits per heavy atom. The van der Waals surface area contributed by atoms with E-state index < -0.39 is 5.41 Å². The topological polar surface area (TPSA) is 33.3 Å². The molecule has 2 aliphatic heterocycles. The minimum atomic E-state index is -0.407. The largest absolute Gasteiger partial charge is 0.468 e. The Kier molecular flexibility index (Phi) is 4.23. The highest BCUT2D eigenvalue weighted by molar-refractivity contribution is 5.94. The Hall–Kier alpha value is -5.28. The maximum atomic E-state index is 6.58. The zero-order chi connectivity index (χ0) is 27.4. The third-order valence-electron chi connectivity index (χ3n) is 9.75. The minimum absolute atomic E-state index is 0.0229. The lowest BCUT2D eigenvalue weighted by molar-refractivity contribution is 0.167. The molecule has 10 rings (SSSR count). The normalized spacial score (nSPS) is 19.6. The quantitative estimate of drug-likeness (QED) is 0.222. The molecule has 0 saturated heterocycles. The Morgan fingerprint density at radius 2 is 1.12 bits per heavy atom. The molecule has 3 heteroatoms. The van der Waals surface area contributed by atoms with Crippen molar-refractivity contribution >= 4 is 16.5 Å². The van der Waals surface area contributed by atoms with Crippen molar-refractivity contribution in [1.82, 2.24) is 10.6 Å². The number of allylic oxidation sites excluding steroid dienone is 1. The molecule has 0 bridgehead atoms. The van der Waals surface area contributed by atoms with Gasteiger partial charge in [-0.3, -0.25) is 0 Å². The Labute approximate surface area is 244 Å². The van der Waals surface area contributed by atoms with Gasteiger partial charge in [0, 0.05) is 11.1 Å². The van der Waals surface area contributed by atoms with Gasteiger partial charge in [-0.05, 0) is 67.9 Å². The molecule has 2 atom stereocenters. The van der Waals surface area contributed by atoms with Gasteiger partial charge in [-0.15, -0.1) is 0 Å². The van der Waals surface area contributed by atoms with E-state index in [4.69, 9.17) is 4.74 Å². The Balaban J connectivity index is 1.15. The van der Waals surface area contributed by atoms with Crippen LogP contribution in [-0.2, 0) is 5.41 Å². The van der Waals surface area contributed by atoms with Gasteiger partial charge in [-0.1, -0.05) is 115 Å². The number of nitrogens with one attached hydrogen (secondary N) is 2. The summed E-state index contributed by atoms with van der Waals surface area (Å²) in [6.07, 6.45) is -0.194. The van der Waals surface area contributed by atoms with Crippen molar-refractivity contribution < 1.29 is 4.74 Å². The van der Waals surface area contributed by atoms with Gasteiger partial charge < -0.3 is 15.4 Å². The molecular weight excluding hydrogens is 512 g/mol. The first kappa shape index (κ1) is 22.4. The molecule has 1 spiro atoms. The summed E-state index contributed by atoms with van der Waals surface area (Å²) in [5.74, 6) is 0.935. The predicted octanol–water partition coefficient (Wildman–Crippen LogP) is 8.16. The molecule has 6 aromatic carbocycles. The van der Waals surface area contributed by atoms with E-state index in [1.54, 1.807) is 0 Å². The van der Waals surface area contributed by atoms with Crippen LogP contribution in [0.15, 0.2) is 139 Å². The third-order valence-corrected chi connectivity index (χ3v) is 9.75. The van der Waals surface area contributed by atoms with Crippen molar-refractivity contribution in [3.63, 3.8) is 0 Å². The SMILES string of the molecule is c1ccc2c(c1)C1=C(NC3c4cc(-c5ccc6ccccc6c5)ccc4OC3N1)C21c2ccccc2-c2ccccc21. The number of ether oxygens (including phenoxy) is 1. The van der Waals surface area contributed by atoms with Crippen LogP contribution in [0.25, 0.3) is 38.7 Å². The maximum absolute atomic E-state index is 6.58. The highest BCUT2D eigenvalue weighted by atomic mass is 16.5. The average Bonchev–Trinajstić information content (AvgIpc) is 3.66. The van der Waals surface area contributed by atoms with E-state index in [2.05, 4.69) is 144 Å². The lowest BCUT2D eigenvalue weighted by Gasteiger charge is -2.38. The first-order valence-corrected chi connectivity index (χ1v) is 14.7. The number of hydrogen-bond acceptors (Lipinski definition) is 3. The number of benzene rings is 6. The van der Waals surface area contributed by atoms with E-state index in [-0.39, 0.29) is 12.3 Å². The van der Waals surface area contributed by atoms with Crippen LogP contribution in [0.5, 0.6) is 5.75 Å². The zero-order valence-corrected chi connectivity index (χ0v) is 22.8. The number of hydrogen-bond donors (Lipinski definition) is 2. The van der Waals surface area contributed by atoms with Crippen LogP contribution in [0.2, 0.25) is 0 Å². The fraction of sp³-hybridized carbons (Fsp3) is 0.0769. The second-order valence-electron chi connectivity index (χ2n) is 11.8. The van der Waals surface area contributed by atoms with Crippen molar-refractivity contribution in [1.29, 1.82) is 0 Å². The van der Waals surface area contributed by atoms with Crippen molar-refractivity contribution in [2.45, 2.75) is 17.7 Å². The molecule has 4 aliphatic rings. The Morgan fingerprint density at radius 3 is 1.88 bits per heavy atom. The predicted molar refractivity (Wildman–Crippen MR) is 168 cm³/mol. The molecule has 42 heavy (non-hydrogen) atoms. The van der Waals surface area contributed by atoms with Crippen LogP contribution in [0.3, 0.4) is 0 Å². The molecule has 3 nitrogen and oxygen atoms in total. The van der Waals surface area contributed by atoms with Crippen LogP contribution in [0, 0.1) is 0 Å². The van der Waals surface area contributed by atoms with Gasteiger partial charge >= 0.3 is 0 Å². The van der Waals surface area contributed by atoms with Crippen molar-refractivity contribution in [3.8, 4) is 28.0 Å². The monoisotopic (exact) mass is 538 g/mol. The second kappa shape index (κ2) is 7.92. The van der Waals surface area contributed by atoms with Crippen LogP contribution in [0.1, 0.15) is 33.9 Å². The summed E-state index contributed by atoms with van der Waals surface area (Å²) in [6, 6.07) is 48.6. The van der Waals surface area contributed by atoms with E-state index in [0.29, 0.717) is 0 Å². The molecule has 0 fully saturated rings. The fourth-order valence-corrected chi connectivity index (χ4v) is 7.99. The van der Waals surface area contributed by atoms with E-state index in [0.717, 1.165) is 11.4 Å². The van der Waals surface area contributed by atoms with Gasteiger partial charge in [-0.25, -0.2) is 0 Å². The zero-order valence-electron chi connectivity index (χ0n) is 22.8. The van der Waals surface area contributed by atoms with E-state index in [1.165, 1.54) is 66.5 Å². The first-order chi connectivity index (χ1) is 20.8. The lowest BCUT2D eigenvalue weighted by Crippen LogP contribution is -2.48. The molecule has 0 saturated carbocycles. The van der Waals surface area contributed by atoms with Gasteiger partial charge in [0.2, 0.25) is 0 Å². The maximum Gasteiger partial charge on any atom is 0.194 e. The molecule has 2 unspecified atom stereocenters.